The van der Waals surface area contributed by atoms with Crippen molar-refractivity contribution in [2.24, 2.45) is 7.05 Å². The Kier molecular flexibility index (Phi) is 2.64. The standard InChI is InChI=1S/C14H15N3O/c1-15-14(10-7-16-17(2)8-10)12-9-18-13-6-4-3-5-11(12)13/h3-9,14-15H,1-2H3. The molecule has 0 amide bonds. The first-order valence-corrected chi connectivity index (χ1v) is 5.91. The second kappa shape index (κ2) is 4.31. The fourth-order valence-electron chi connectivity index (χ4n) is 2.31. The molecular weight excluding hydrogens is 226 g/mol. The molecule has 0 bridgehead atoms. The van der Waals surface area contributed by atoms with Crippen LogP contribution in [0.15, 0.2) is 47.3 Å². The van der Waals surface area contributed by atoms with Gasteiger partial charge in [0.2, 0.25) is 0 Å². The van der Waals surface area contributed by atoms with E-state index in [1.165, 1.54) is 0 Å². The Morgan fingerprint density at radius 1 is 1.33 bits per heavy atom. The highest BCUT2D eigenvalue weighted by Crippen LogP contribution is 2.29. The highest BCUT2D eigenvalue weighted by atomic mass is 16.3. The van der Waals surface area contributed by atoms with E-state index in [2.05, 4.69) is 16.5 Å². The molecule has 3 aromatic rings. The number of para-hydroxylation sites is 1. The normalized spacial score (nSPS) is 13.0. The Morgan fingerprint density at radius 2 is 2.17 bits per heavy atom. The average Bonchev–Trinajstić information content (AvgIpc) is 2.98. The minimum atomic E-state index is 0.0994. The molecule has 0 saturated carbocycles. The van der Waals surface area contributed by atoms with Crippen LogP contribution in [0.3, 0.4) is 0 Å². The van der Waals surface area contributed by atoms with Gasteiger partial charge in [-0.2, -0.15) is 5.10 Å². The van der Waals surface area contributed by atoms with Gasteiger partial charge < -0.3 is 9.73 Å². The lowest BCUT2D eigenvalue weighted by Gasteiger charge is -2.12. The van der Waals surface area contributed by atoms with E-state index in [1.807, 2.05) is 55.6 Å². The second-order valence-electron chi connectivity index (χ2n) is 4.36. The van der Waals surface area contributed by atoms with Crippen molar-refractivity contribution in [1.82, 2.24) is 15.1 Å². The van der Waals surface area contributed by atoms with Gasteiger partial charge in [-0.25, -0.2) is 0 Å². The second-order valence-corrected chi connectivity index (χ2v) is 4.36. The molecule has 0 aliphatic carbocycles. The Bertz CT molecular complexity index is 668. The van der Waals surface area contributed by atoms with Crippen LogP contribution in [0.1, 0.15) is 17.2 Å². The van der Waals surface area contributed by atoms with Crippen molar-refractivity contribution in [3.8, 4) is 0 Å². The zero-order chi connectivity index (χ0) is 12.5. The van der Waals surface area contributed by atoms with E-state index < -0.39 is 0 Å². The maximum absolute atomic E-state index is 5.59. The number of rotatable bonds is 3. The molecule has 1 atom stereocenters. The quantitative estimate of drug-likeness (QED) is 0.766. The van der Waals surface area contributed by atoms with Crippen LogP contribution in [0.5, 0.6) is 0 Å². The van der Waals surface area contributed by atoms with E-state index in [0.29, 0.717) is 0 Å². The molecular formula is C14H15N3O. The lowest BCUT2D eigenvalue weighted by Crippen LogP contribution is -2.16. The van der Waals surface area contributed by atoms with E-state index in [0.717, 1.165) is 22.1 Å². The molecule has 18 heavy (non-hydrogen) atoms. The van der Waals surface area contributed by atoms with Crippen LogP contribution in [0.25, 0.3) is 11.0 Å². The summed E-state index contributed by atoms with van der Waals surface area (Å²) in [6, 6.07) is 8.16. The van der Waals surface area contributed by atoms with Gasteiger partial charge >= 0.3 is 0 Å². The van der Waals surface area contributed by atoms with Crippen LogP contribution < -0.4 is 5.32 Å². The van der Waals surface area contributed by atoms with Crippen molar-refractivity contribution in [3.63, 3.8) is 0 Å². The first-order valence-electron chi connectivity index (χ1n) is 5.91. The molecule has 4 heteroatoms. The number of nitrogens with zero attached hydrogens (tertiary/aromatic N) is 2. The van der Waals surface area contributed by atoms with Gasteiger partial charge in [0.05, 0.1) is 18.5 Å². The fraction of sp³-hybridized carbons (Fsp3) is 0.214. The molecule has 4 nitrogen and oxygen atoms in total. The summed E-state index contributed by atoms with van der Waals surface area (Å²) in [6.45, 7) is 0. The molecule has 0 aliphatic rings. The number of benzene rings is 1. The van der Waals surface area contributed by atoms with Crippen LogP contribution in [-0.4, -0.2) is 16.8 Å². The summed E-state index contributed by atoms with van der Waals surface area (Å²) in [7, 11) is 3.86. The predicted octanol–water partition coefficient (Wildman–Crippen LogP) is 2.48. The van der Waals surface area contributed by atoms with Gasteiger partial charge in [-0.3, -0.25) is 4.68 Å². The summed E-state index contributed by atoms with van der Waals surface area (Å²) in [4.78, 5) is 0. The molecule has 0 fully saturated rings. The van der Waals surface area contributed by atoms with Gasteiger partial charge in [0.1, 0.15) is 5.58 Å². The summed E-state index contributed by atoms with van der Waals surface area (Å²) in [5.41, 5.74) is 3.18. The molecule has 0 radical (unpaired) electrons. The Balaban J connectivity index is 2.11. The number of nitrogens with one attached hydrogen (secondary N) is 1. The third-order valence-electron chi connectivity index (χ3n) is 3.17. The first kappa shape index (κ1) is 11.0. The Hall–Kier alpha value is -2.07. The zero-order valence-corrected chi connectivity index (χ0v) is 10.4. The summed E-state index contributed by atoms with van der Waals surface area (Å²) >= 11 is 0. The van der Waals surface area contributed by atoms with E-state index in [-0.39, 0.29) is 6.04 Å². The van der Waals surface area contributed by atoms with Crippen molar-refractivity contribution in [1.29, 1.82) is 0 Å². The van der Waals surface area contributed by atoms with Crippen molar-refractivity contribution in [3.05, 3.63) is 54.0 Å². The minimum absolute atomic E-state index is 0.0994. The molecule has 2 heterocycles. The number of aromatic nitrogens is 2. The van der Waals surface area contributed by atoms with Gasteiger partial charge in [-0.1, -0.05) is 18.2 Å². The zero-order valence-electron chi connectivity index (χ0n) is 10.4. The van der Waals surface area contributed by atoms with Gasteiger partial charge in [-0.05, 0) is 13.1 Å². The van der Waals surface area contributed by atoms with E-state index in [1.54, 1.807) is 0 Å². The molecule has 0 spiro atoms. The molecule has 0 aliphatic heterocycles. The molecule has 1 N–H and O–H groups in total. The minimum Gasteiger partial charge on any atom is -0.464 e. The number of aryl methyl sites for hydroxylation is 1. The van der Waals surface area contributed by atoms with Crippen molar-refractivity contribution >= 4 is 11.0 Å². The molecule has 0 saturated heterocycles. The number of furan rings is 1. The predicted molar refractivity (Wildman–Crippen MR) is 70.3 cm³/mol. The van der Waals surface area contributed by atoms with Crippen LogP contribution in [0.4, 0.5) is 0 Å². The van der Waals surface area contributed by atoms with Crippen LogP contribution in [-0.2, 0) is 7.05 Å². The van der Waals surface area contributed by atoms with Crippen molar-refractivity contribution in [2.45, 2.75) is 6.04 Å². The van der Waals surface area contributed by atoms with Crippen LogP contribution in [0.2, 0.25) is 0 Å². The fourth-order valence-corrected chi connectivity index (χ4v) is 2.31. The highest BCUT2D eigenvalue weighted by molar-refractivity contribution is 5.81. The molecule has 2 aromatic heterocycles. The Labute approximate surface area is 105 Å². The van der Waals surface area contributed by atoms with Crippen LogP contribution >= 0.6 is 0 Å². The monoisotopic (exact) mass is 241 g/mol. The molecule has 3 rings (SSSR count). The van der Waals surface area contributed by atoms with Gasteiger partial charge in [0.15, 0.2) is 0 Å². The summed E-state index contributed by atoms with van der Waals surface area (Å²) in [6.07, 6.45) is 5.71. The maximum Gasteiger partial charge on any atom is 0.134 e. The average molecular weight is 241 g/mol. The van der Waals surface area contributed by atoms with Gasteiger partial charge in [0, 0.05) is 29.8 Å². The smallest absolute Gasteiger partial charge is 0.134 e. The number of hydrogen-bond donors (Lipinski definition) is 1. The summed E-state index contributed by atoms with van der Waals surface area (Å²) in [5.74, 6) is 0. The lowest BCUT2D eigenvalue weighted by atomic mass is 10.0. The molecule has 92 valence electrons. The lowest BCUT2D eigenvalue weighted by molar-refractivity contribution is 0.596. The van der Waals surface area contributed by atoms with E-state index in [9.17, 15) is 0 Å². The van der Waals surface area contributed by atoms with Gasteiger partial charge in [0.25, 0.3) is 0 Å². The summed E-state index contributed by atoms with van der Waals surface area (Å²) in [5, 5.41) is 8.67. The number of hydrogen-bond acceptors (Lipinski definition) is 3. The third kappa shape index (κ3) is 1.71. The molecule has 1 unspecified atom stereocenters. The first-order chi connectivity index (χ1) is 8.79. The largest absolute Gasteiger partial charge is 0.464 e. The van der Waals surface area contributed by atoms with E-state index in [4.69, 9.17) is 4.42 Å². The van der Waals surface area contributed by atoms with Crippen molar-refractivity contribution in [2.75, 3.05) is 7.05 Å². The van der Waals surface area contributed by atoms with Crippen molar-refractivity contribution < 1.29 is 4.42 Å². The summed E-state index contributed by atoms with van der Waals surface area (Å²) < 4.78 is 7.40. The van der Waals surface area contributed by atoms with Crippen LogP contribution in [0, 0.1) is 0 Å². The van der Waals surface area contributed by atoms with E-state index >= 15 is 0 Å². The van der Waals surface area contributed by atoms with Gasteiger partial charge in [-0.15, -0.1) is 0 Å². The number of fused-ring (bicyclic) bond motifs is 1. The Morgan fingerprint density at radius 3 is 2.89 bits per heavy atom. The third-order valence-corrected chi connectivity index (χ3v) is 3.17. The topological polar surface area (TPSA) is 43.0 Å². The SMILES string of the molecule is CNC(c1cnn(C)c1)c1coc2ccccc12. The molecule has 1 aromatic carbocycles. The maximum atomic E-state index is 5.59. The highest BCUT2D eigenvalue weighted by Gasteiger charge is 2.18.